The highest BCUT2D eigenvalue weighted by Gasteiger charge is 2.55. The molecule has 1 aliphatic rings. The summed E-state index contributed by atoms with van der Waals surface area (Å²) in [4.78, 5) is 4.01. The molecule has 0 aliphatic carbocycles. The van der Waals surface area contributed by atoms with Crippen LogP contribution < -0.4 is 10.1 Å². The summed E-state index contributed by atoms with van der Waals surface area (Å²) in [5, 5.41) is 13.8. The predicted molar refractivity (Wildman–Crippen MR) is 107 cm³/mol. The Morgan fingerprint density at radius 2 is 1.90 bits per heavy atom. The minimum absolute atomic E-state index is 0.228. The number of fused-ring (bicyclic) bond motifs is 1. The first kappa shape index (κ1) is 22.2. The first-order valence-corrected chi connectivity index (χ1v) is 9.47. The molecule has 4 nitrogen and oxygen atoms in total. The predicted octanol–water partition coefficient (Wildman–Crippen LogP) is 4.80. The van der Waals surface area contributed by atoms with Crippen molar-refractivity contribution in [1.82, 2.24) is 5.32 Å². The van der Waals surface area contributed by atoms with Crippen LogP contribution in [0.25, 0.3) is 0 Å². The lowest BCUT2D eigenvalue weighted by Crippen LogP contribution is -2.50. The number of hydrogen-bond donors (Lipinski definition) is 2. The van der Waals surface area contributed by atoms with Gasteiger partial charge in [-0.25, -0.2) is 4.39 Å². The molecule has 0 fully saturated rings. The monoisotopic (exact) mass is 424 g/mol. The Morgan fingerprint density at radius 3 is 2.57 bits per heavy atom. The van der Waals surface area contributed by atoms with Crippen LogP contribution in [0.3, 0.4) is 0 Å². The molecule has 162 valence electrons. The van der Waals surface area contributed by atoms with Gasteiger partial charge in [0, 0.05) is 24.9 Å². The third-order valence-electron chi connectivity index (χ3n) is 5.38. The topological polar surface area (TPSA) is 53.9 Å². The number of nitrogens with one attached hydrogen (secondary N) is 1. The number of aliphatic imine (C=N–C) groups is 1. The van der Waals surface area contributed by atoms with Gasteiger partial charge in [0.2, 0.25) is 0 Å². The second kappa shape index (κ2) is 8.00. The molecule has 1 atom stereocenters. The van der Waals surface area contributed by atoms with Crippen molar-refractivity contribution in [3.8, 4) is 5.75 Å². The summed E-state index contributed by atoms with van der Waals surface area (Å²) >= 11 is 0. The molecule has 2 aromatic carbocycles. The van der Waals surface area contributed by atoms with Gasteiger partial charge in [-0.15, -0.1) is 0 Å². The Labute approximate surface area is 172 Å². The highest BCUT2D eigenvalue weighted by atomic mass is 19.4. The van der Waals surface area contributed by atoms with E-state index in [1.807, 2.05) is 6.07 Å². The van der Waals surface area contributed by atoms with Crippen LogP contribution >= 0.6 is 0 Å². The normalized spacial score (nSPS) is 16.5. The second-order valence-electron chi connectivity index (χ2n) is 8.10. The number of halogens is 4. The molecule has 0 saturated heterocycles. The molecule has 2 N–H and O–H groups in total. The zero-order valence-electron chi connectivity index (χ0n) is 17.0. The number of benzene rings is 2. The highest BCUT2D eigenvalue weighted by Crippen LogP contribution is 2.43. The van der Waals surface area contributed by atoms with E-state index in [2.05, 4.69) is 10.3 Å². The van der Waals surface area contributed by atoms with Crippen molar-refractivity contribution < 1.29 is 27.4 Å². The van der Waals surface area contributed by atoms with Gasteiger partial charge in [0.15, 0.2) is 5.60 Å². The lowest BCUT2D eigenvalue weighted by Gasteiger charge is -2.36. The molecule has 0 radical (unpaired) electrons. The smallest absolute Gasteiger partial charge is 0.422 e. The van der Waals surface area contributed by atoms with E-state index in [0.717, 1.165) is 17.2 Å². The van der Waals surface area contributed by atoms with Crippen molar-refractivity contribution in [3.63, 3.8) is 0 Å². The third-order valence-corrected chi connectivity index (χ3v) is 5.38. The summed E-state index contributed by atoms with van der Waals surface area (Å²) in [5.74, 6) is -0.356. The van der Waals surface area contributed by atoms with Crippen LogP contribution in [0.4, 0.5) is 23.2 Å². The van der Waals surface area contributed by atoms with E-state index in [-0.39, 0.29) is 11.3 Å². The number of ether oxygens (including phenoxy) is 1. The van der Waals surface area contributed by atoms with E-state index in [9.17, 15) is 22.7 Å². The maximum absolute atomic E-state index is 13.9. The van der Waals surface area contributed by atoms with E-state index in [4.69, 9.17) is 4.74 Å². The van der Waals surface area contributed by atoms with Gasteiger partial charge in [0.05, 0.1) is 12.8 Å². The average Bonchev–Trinajstić information content (AvgIpc) is 3.14. The molecule has 0 saturated carbocycles. The molecule has 1 unspecified atom stereocenters. The summed E-state index contributed by atoms with van der Waals surface area (Å²) < 4.78 is 60.8. The van der Waals surface area contributed by atoms with Crippen LogP contribution in [0.1, 0.15) is 37.0 Å². The molecule has 8 heteroatoms. The molecule has 3 rings (SSSR count). The molecule has 0 amide bonds. The fourth-order valence-electron chi connectivity index (χ4n) is 3.81. The molecule has 0 bridgehead atoms. The van der Waals surface area contributed by atoms with Gasteiger partial charge in [-0.2, -0.15) is 13.2 Å². The van der Waals surface area contributed by atoms with E-state index in [0.29, 0.717) is 25.0 Å². The minimum atomic E-state index is -4.98. The highest BCUT2D eigenvalue weighted by molar-refractivity contribution is 5.75. The zero-order chi connectivity index (χ0) is 22.2. The third kappa shape index (κ3) is 4.34. The summed E-state index contributed by atoms with van der Waals surface area (Å²) in [6.45, 7) is 4.12. The van der Waals surface area contributed by atoms with Crippen molar-refractivity contribution in [1.29, 1.82) is 0 Å². The minimum Gasteiger partial charge on any atom is -0.496 e. The van der Waals surface area contributed by atoms with Crippen LogP contribution in [-0.2, 0) is 18.5 Å². The van der Waals surface area contributed by atoms with Crippen molar-refractivity contribution >= 4 is 11.9 Å². The van der Waals surface area contributed by atoms with Crippen molar-refractivity contribution in [3.05, 3.63) is 58.9 Å². The lowest BCUT2D eigenvalue weighted by atomic mass is 9.74. The van der Waals surface area contributed by atoms with Crippen molar-refractivity contribution in [2.75, 3.05) is 7.11 Å². The van der Waals surface area contributed by atoms with Crippen molar-refractivity contribution in [2.45, 2.75) is 50.6 Å². The number of hydrogen-bond acceptors (Lipinski definition) is 4. The molecule has 1 heterocycles. The van der Waals surface area contributed by atoms with E-state index in [1.165, 1.54) is 33.1 Å². The number of methoxy groups -OCH3 is 1. The first-order valence-electron chi connectivity index (χ1n) is 9.47. The zero-order valence-corrected chi connectivity index (χ0v) is 17.0. The Balaban J connectivity index is 1.99. The van der Waals surface area contributed by atoms with Gasteiger partial charge in [0.25, 0.3) is 0 Å². The van der Waals surface area contributed by atoms with Gasteiger partial charge in [-0.1, -0.05) is 26.0 Å². The van der Waals surface area contributed by atoms with E-state index >= 15 is 0 Å². The quantitative estimate of drug-likeness (QED) is 0.517. The van der Waals surface area contributed by atoms with Crippen LogP contribution in [0.2, 0.25) is 0 Å². The van der Waals surface area contributed by atoms with Crippen LogP contribution in [0.15, 0.2) is 41.4 Å². The Hall–Kier alpha value is -2.45. The first-order chi connectivity index (χ1) is 14.0. The van der Waals surface area contributed by atoms with E-state index < -0.39 is 29.4 Å². The van der Waals surface area contributed by atoms with Crippen LogP contribution in [0.5, 0.6) is 5.75 Å². The van der Waals surface area contributed by atoms with Crippen LogP contribution in [-0.4, -0.2) is 30.2 Å². The molecule has 30 heavy (non-hydrogen) atoms. The van der Waals surface area contributed by atoms with E-state index in [1.54, 1.807) is 12.1 Å². The lowest BCUT2D eigenvalue weighted by molar-refractivity contribution is -0.234. The number of aliphatic hydroxyl groups is 1. The van der Waals surface area contributed by atoms with Crippen molar-refractivity contribution in [2.24, 2.45) is 4.99 Å². The Kier molecular flexibility index (Phi) is 5.93. The molecule has 0 aromatic heterocycles. The molecule has 1 aliphatic heterocycles. The molecule has 2 aromatic rings. The van der Waals surface area contributed by atoms with Crippen LogP contribution in [0, 0.1) is 5.82 Å². The second-order valence-corrected chi connectivity index (χ2v) is 8.10. The SMILES string of the molecule is COc1ccc(F)cc1C(C)(C)CC(O)(C=Nc1cccc2c1CNC2)C(F)(F)F. The van der Waals surface area contributed by atoms with Gasteiger partial charge < -0.3 is 15.2 Å². The number of rotatable bonds is 6. The maximum Gasteiger partial charge on any atom is 0.422 e. The Morgan fingerprint density at radius 1 is 1.17 bits per heavy atom. The average molecular weight is 424 g/mol. The standard InChI is InChI=1S/C22H24F4N2O2/c1-20(2,17-9-15(23)7-8-19(17)30-3)12-21(29,22(24,25)26)13-28-18-6-4-5-14-10-27-11-16(14)18/h4-9,13,27,29H,10-12H2,1-3H3. The molecule has 0 spiro atoms. The maximum atomic E-state index is 13.9. The van der Waals surface area contributed by atoms with Gasteiger partial charge in [-0.05, 0) is 47.2 Å². The summed E-state index contributed by atoms with van der Waals surface area (Å²) in [6, 6.07) is 8.85. The summed E-state index contributed by atoms with van der Waals surface area (Å²) in [5.41, 5.74) is -2.12. The van der Waals surface area contributed by atoms with Gasteiger partial charge >= 0.3 is 6.18 Å². The molecular weight excluding hydrogens is 400 g/mol. The fraction of sp³-hybridized carbons (Fsp3) is 0.409. The largest absolute Gasteiger partial charge is 0.496 e. The van der Waals surface area contributed by atoms with Gasteiger partial charge in [-0.3, -0.25) is 4.99 Å². The van der Waals surface area contributed by atoms with Gasteiger partial charge in [0.1, 0.15) is 11.6 Å². The number of nitrogens with zero attached hydrogens (tertiary/aromatic N) is 1. The molecular formula is C22H24F4N2O2. The summed E-state index contributed by atoms with van der Waals surface area (Å²) in [7, 11) is 1.36. The number of alkyl halides is 3. The fourth-order valence-corrected chi connectivity index (χ4v) is 3.81. The summed E-state index contributed by atoms with van der Waals surface area (Å²) in [6.07, 6.45) is -5.20. The Bertz CT molecular complexity index is 957.